The van der Waals surface area contributed by atoms with E-state index in [1.807, 2.05) is 6.07 Å². The van der Waals surface area contributed by atoms with Crippen LogP contribution in [0.5, 0.6) is 0 Å². The molecule has 1 aliphatic carbocycles. The summed E-state index contributed by atoms with van der Waals surface area (Å²) < 4.78 is 26.6. The highest BCUT2D eigenvalue weighted by Crippen LogP contribution is 2.33. The molecule has 1 saturated carbocycles. The highest BCUT2D eigenvalue weighted by molar-refractivity contribution is 7.90. The fourth-order valence-electron chi connectivity index (χ4n) is 2.68. The fraction of sp³-hybridized carbons (Fsp3) is 0.562. The summed E-state index contributed by atoms with van der Waals surface area (Å²) in [5.74, 6) is -0.394. The fourth-order valence-corrected chi connectivity index (χ4v) is 3.85. The first-order chi connectivity index (χ1) is 9.90. The second-order valence-electron chi connectivity index (χ2n) is 6.03. The Labute approximate surface area is 127 Å². The number of sulfonamides is 1. The van der Waals surface area contributed by atoms with Gasteiger partial charge in [0.15, 0.2) is 0 Å². The van der Waals surface area contributed by atoms with E-state index in [2.05, 4.69) is 4.72 Å². The lowest BCUT2D eigenvalue weighted by Gasteiger charge is -2.22. The molecule has 1 aliphatic rings. The summed E-state index contributed by atoms with van der Waals surface area (Å²) in [4.78, 5) is 11.8. The quantitative estimate of drug-likeness (QED) is 0.929. The summed E-state index contributed by atoms with van der Waals surface area (Å²) in [6.07, 6.45) is 5.89. The molecular formula is C16H23NO3S. The molecule has 1 aromatic carbocycles. The first-order valence-electron chi connectivity index (χ1n) is 7.57. The number of nitrogens with one attached hydrogen (secondary N) is 1. The van der Waals surface area contributed by atoms with Gasteiger partial charge in [-0.15, -0.1) is 0 Å². The number of carbonyl (C=O) groups excluding carboxylic acids is 1. The molecule has 0 unspecified atom stereocenters. The van der Waals surface area contributed by atoms with Gasteiger partial charge >= 0.3 is 0 Å². The zero-order chi connectivity index (χ0) is 15.5. The lowest BCUT2D eigenvalue weighted by atomic mass is 9.84. The van der Waals surface area contributed by atoms with Crippen molar-refractivity contribution < 1.29 is 13.2 Å². The standard InChI is InChI=1S/C16H23NO3S/c1-12(2)16(18)17-21(19,20)15-10-6-9-14(11-15)13-7-4-3-5-8-13/h6,9-13H,3-5,7-8H2,1-2H3,(H,17,18). The molecule has 1 fully saturated rings. The van der Waals surface area contributed by atoms with Gasteiger partial charge in [-0.25, -0.2) is 13.1 Å². The molecule has 0 atom stereocenters. The Morgan fingerprint density at radius 1 is 1.19 bits per heavy atom. The van der Waals surface area contributed by atoms with Crippen molar-refractivity contribution in [3.8, 4) is 0 Å². The van der Waals surface area contributed by atoms with Crippen LogP contribution < -0.4 is 4.72 Å². The van der Waals surface area contributed by atoms with Crippen molar-refractivity contribution in [1.82, 2.24) is 4.72 Å². The van der Waals surface area contributed by atoms with Crippen LogP contribution in [-0.2, 0) is 14.8 Å². The number of rotatable bonds is 4. The molecule has 0 radical (unpaired) electrons. The number of carbonyl (C=O) groups is 1. The van der Waals surface area contributed by atoms with E-state index in [4.69, 9.17) is 0 Å². The molecule has 4 nitrogen and oxygen atoms in total. The molecular weight excluding hydrogens is 286 g/mol. The molecule has 0 bridgehead atoms. The third kappa shape index (κ3) is 4.06. The van der Waals surface area contributed by atoms with Crippen LogP contribution in [0.4, 0.5) is 0 Å². The zero-order valence-corrected chi connectivity index (χ0v) is 13.4. The molecule has 0 saturated heterocycles. The van der Waals surface area contributed by atoms with Crippen LogP contribution >= 0.6 is 0 Å². The molecule has 5 heteroatoms. The van der Waals surface area contributed by atoms with Gasteiger partial charge < -0.3 is 0 Å². The topological polar surface area (TPSA) is 63.2 Å². The maximum Gasteiger partial charge on any atom is 0.264 e. The smallest absolute Gasteiger partial charge is 0.264 e. The van der Waals surface area contributed by atoms with Crippen LogP contribution in [0, 0.1) is 5.92 Å². The van der Waals surface area contributed by atoms with E-state index in [0.29, 0.717) is 5.92 Å². The summed E-state index contributed by atoms with van der Waals surface area (Å²) in [5.41, 5.74) is 1.06. The molecule has 1 aromatic rings. The Morgan fingerprint density at radius 2 is 1.86 bits per heavy atom. The predicted octanol–water partition coefficient (Wildman–Crippen LogP) is 3.20. The summed E-state index contributed by atoms with van der Waals surface area (Å²) in [5, 5.41) is 0. The molecule has 0 heterocycles. The number of benzene rings is 1. The maximum absolute atomic E-state index is 12.3. The van der Waals surface area contributed by atoms with Gasteiger partial charge in [0.2, 0.25) is 5.91 Å². The van der Waals surface area contributed by atoms with Gasteiger partial charge in [-0.2, -0.15) is 0 Å². The van der Waals surface area contributed by atoms with Crippen LogP contribution in [0.2, 0.25) is 0 Å². The number of amides is 1. The summed E-state index contributed by atoms with van der Waals surface area (Å²) in [6, 6.07) is 7.01. The van der Waals surface area contributed by atoms with Gasteiger partial charge in [-0.3, -0.25) is 4.79 Å². The monoisotopic (exact) mass is 309 g/mol. The average molecular weight is 309 g/mol. The van der Waals surface area contributed by atoms with Gasteiger partial charge in [0, 0.05) is 5.92 Å². The van der Waals surface area contributed by atoms with Crippen molar-refractivity contribution >= 4 is 15.9 Å². The van der Waals surface area contributed by atoms with E-state index in [1.54, 1.807) is 32.0 Å². The van der Waals surface area contributed by atoms with Crippen LogP contribution in [0.3, 0.4) is 0 Å². The first kappa shape index (κ1) is 16.0. The van der Waals surface area contributed by atoms with Crippen molar-refractivity contribution in [1.29, 1.82) is 0 Å². The third-order valence-corrected chi connectivity index (χ3v) is 5.35. The van der Waals surface area contributed by atoms with Crippen molar-refractivity contribution in [2.45, 2.75) is 56.8 Å². The van der Waals surface area contributed by atoms with Crippen LogP contribution in [0.15, 0.2) is 29.2 Å². The minimum atomic E-state index is -3.77. The van der Waals surface area contributed by atoms with E-state index in [-0.39, 0.29) is 10.8 Å². The highest BCUT2D eigenvalue weighted by atomic mass is 32.2. The molecule has 1 N–H and O–H groups in total. The van der Waals surface area contributed by atoms with E-state index in [1.165, 1.54) is 19.3 Å². The van der Waals surface area contributed by atoms with Gasteiger partial charge in [-0.1, -0.05) is 45.2 Å². The van der Waals surface area contributed by atoms with Crippen LogP contribution in [-0.4, -0.2) is 14.3 Å². The lowest BCUT2D eigenvalue weighted by Crippen LogP contribution is -2.33. The minimum Gasteiger partial charge on any atom is -0.274 e. The maximum atomic E-state index is 12.3. The summed E-state index contributed by atoms with van der Waals surface area (Å²) in [6.45, 7) is 3.34. The SMILES string of the molecule is CC(C)C(=O)NS(=O)(=O)c1cccc(C2CCCCC2)c1. The normalized spacial score (nSPS) is 16.9. The Morgan fingerprint density at radius 3 is 2.48 bits per heavy atom. The van der Waals surface area contributed by atoms with Crippen molar-refractivity contribution in [3.05, 3.63) is 29.8 Å². The Hall–Kier alpha value is -1.36. The van der Waals surface area contributed by atoms with E-state index >= 15 is 0 Å². The highest BCUT2D eigenvalue weighted by Gasteiger charge is 2.22. The number of hydrogen-bond donors (Lipinski definition) is 1. The Bertz CT molecular complexity index is 602. The predicted molar refractivity (Wildman–Crippen MR) is 82.4 cm³/mol. The molecule has 0 aliphatic heterocycles. The van der Waals surface area contributed by atoms with Crippen molar-refractivity contribution in [2.75, 3.05) is 0 Å². The Balaban J connectivity index is 2.21. The molecule has 116 valence electrons. The minimum absolute atomic E-state index is 0.180. The second-order valence-corrected chi connectivity index (χ2v) is 7.71. The zero-order valence-electron chi connectivity index (χ0n) is 12.6. The van der Waals surface area contributed by atoms with Crippen LogP contribution in [0.1, 0.15) is 57.4 Å². The molecule has 21 heavy (non-hydrogen) atoms. The van der Waals surface area contributed by atoms with E-state index in [0.717, 1.165) is 18.4 Å². The van der Waals surface area contributed by atoms with Gasteiger partial charge in [0.25, 0.3) is 10.0 Å². The van der Waals surface area contributed by atoms with Crippen LogP contribution in [0.25, 0.3) is 0 Å². The molecule has 2 rings (SSSR count). The second kappa shape index (κ2) is 6.60. The van der Waals surface area contributed by atoms with Gasteiger partial charge in [-0.05, 0) is 36.5 Å². The summed E-state index contributed by atoms with van der Waals surface area (Å²) >= 11 is 0. The lowest BCUT2D eigenvalue weighted by molar-refractivity contribution is -0.122. The van der Waals surface area contributed by atoms with Crippen molar-refractivity contribution in [2.24, 2.45) is 5.92 Å². The number of hydrogen-bond acceptors (Lipinski definition) is 3. The third-order valence-electron chi connectivity index (χ3n) is 4.00. The van der Waals surface area contributed by atoms with E-state index < -0.39 is 15.9 Å². The largest absolute Gasteiger partial charge is 0.274 e. The Kier molecular flexibility index (Phi) is 5.04. The first-order valence-corrected chi connectivity index (χ1v) is 9.05. The average Bonchev–Trinajstić information content (AvgIpc) is 2.48. The molecule has 1 amide bonds. The van der Waals surface area contributed by atoms with Gasteiger partial charge in [0.1, 0.15) is 0 Å². The molecule has 0 spiro atoms. The van der Waals surface area contributed by atoms with Gasteiger partial charge in [0.05, 0.1) is 4.90 Å². The summed E-state index contributed by atoms with van der Waals surface area (Å²) in [7, 11) is -3.77. The van der Waals surface area contributed by atoms with E-state index in [9.17, 15) is 13.2 Å². The van der Waals surface area contributed by atoms with Crippen molar-refractivity contribution in [3.63, 3.8) is 0 Å². The molecule has 0 aromatic heterocycles.